The second-order valence-electron chi connectivity index (χ2n) is 6.11. The zero-order valence-electron chi connectivity index (χ0n) is 13.8. The molecule has 4 nitrogen and oxygen atoms in total. The molecule has 1 aliphatic rings. The second-order valence-corrected chi connectivity index (χ2v) is 6.11. The van der Waals surface area contributed by atoms with Crippen LogP contribution in [0.2, 0.25) is 0 Å². The van der Waals surface area contributed by atoms with E-state index in [0.717, 1.165) is 22.2 Å². The number of hydrogen-bond acceptors (Lipinski definition) is 4. The van der Waals surface area contributed by atoms with Crippen molar-refractivity contribution in [3.8, 4) is 11.5 Å². The Balaban J connectivity index is 1.70. The Kier molecular flexibility index (Phi) is 3.65. The van der Waals surface area contributed by atoms with Crippen LogP contribution in [0.15, 0.2) is 60.8 Å². The number of rotatable bonds is 2. The van der Waals surface area contributed by atoms with Crippen molar-refractivity contribution in [3.63, 3.8) is 0 Å². The summed E-state index contributed by atoms with van der Waals surface area (Å²) in [5.41, 5.74) is 3.43. The second kappa shape index (κ2) is 5.98. The maximum absolute atomic E-state index is 10.2. The van der Waals surface area contributed by atoms with Crippen molar-refractivity contribution in [1.29, 1.82) is 0 Å². The van der Waals surface area contributed by atoms with Crippen LogP contribution in [0, 0.1) is 0 Å². The number of nitrogens with zero attached hydrogens (tertiary/aromatic N) is 2. The summed E-state index contributed by atoms with van der Waals surface area (Å²) in [7, 11) is 1.97. The molecule has 0 saturated heterocycles. The lowest BCUT2D eigenvalue weighted by atomic mass is 10.0. The Labute approximate surface area is 146 Å². The summed E-state index contributed by atoms with van der Waals surface area (Å²) in [4.78, 5) is 6.29. The quantitative estimate of drug-likeness (QED) is 0.740. The van der Waals surface area contributed by atoms with E-state index in [9.17, 15) is 10.2 Å². The zero-order valence-corrected chi connectivity index (χ0v) is 13.8. The third kappa shape index (κ3) is 2.62. The molecule has 1 aliphatic heterocycles. The molecule has 0 saturated carbocycles. The molecule has 0 aliphatic carbocycles. The van der Waals surface area contributed by atoms with Crippen LogP contribution >= 0.6 is 0 Å². The molecule has 0 radical (unpaired) electrons. The van der Waals surface area contributed by atoms with Crippen LogP contribution in [0.3, 0.4) is 0 Å². The van der Waals surface area contributed by atoms with Gasteiger partial charge < -0.3 is 15.1 Å². The van der Waals surface area contributed by atoms with Gasteiger partial charge in [-0.15, -0.1) is 0 Å². The lowest BCUT2D eigenvalue weighted by Crippen LogP contribution is -2.30. The predicted octanol–water partition coefficient (Wildman–Crippen LogP) is 4.19. The summed E-state index contributed by atoms with van der Waals surface area (Å²) < 4.78 is 0. The van der Waals surface area contributed by atoms with E-state index >= 15 is 0 Å². The minimum absolute atomic E-state index is 0.0290. The number of anilines is 1. The number of aromatic nitrogens is 1. The van der Waals surface area contributed by atoms with E-state index in [1.165, 1.54) is 0 Å². The van der Waals surface area contributed by atoms with E-state index in [1.807, 2.05) is 54.4 Å². The molecule has 2 aromatic carbocycles. The Bertz CT molecular complexity index is 1010. The summed E-state index contributed by atoms with van der Waals surface area (Å²) in [6.45, 7) is 0. The Hall–Kier alpha value is -3.27. The van der Waals surface area contributed by atoms with E-state index in [4.69, 9.17) is 0 Å². The molecule has 0 amide bonds. The largest absolute Gasteiger partial charge is 0.506 e. The van der Waals surface area contributed by atoms with Crippen LogP contribution in [-0.4, -0.2) is 28.3 Å². The van der Waals surface area contributed by atoms with Crippen molar-refractivity contribution >= 4 is 28.7 Å². The van der Waals surface area contributed by atoms with Gasteiger partial charge in [0.25, 0.3) is 0 Å². The first kappa shape index (κ1) is 15.3. The van der Waals surface area contributed by atoms with E-state index < -0.39 is 0 Å². The lowest BCUT2D eigenvalue weighted by molar-refractivity contribution is 0.474. The number of aromatic hydroxyl groups is 2. The Morgan fingerprint density at radius 1 is 1.04 bits per heavy atom. The van der Waals surface area contributed by atoms with Gasteiger partial charge in [0.05, 0.1) is 11.7 Å². The topological polar surface area (TPSA) is 56.6 Å². The average molecular weight is 330 g/mol. The molecular weight excluding hydrogens is 312 g/mol. The van der Waals surface area contributed by atoms with Crippen molar-refractivity contribution < 1.29 is 10.2 Å². The van der Waals surface area contributed by atoms with Gasteiger partial charge in [-0.05, 0) is 23.8 Å². The standard InChI is InChI=1S/C21H18N2O2/c1-23-16(11-8-15-4-2-6-19(25)21(15)23)10-7-14-9-12-18(24)20-17(14)5-3-13-22-20/h2-13,16,24-25H,1H3/b10-7+. The van der Waals surface area contributed by atoms with Crippen LogP contribution in [0.1, 0.15) is 11.1 Å². The number of para-hydroxylation sites is 1. The number of fused-ring (bicyclic) bond motifs is 2. The number of phenolic OH excluding ortho intramolecular Hbond substituents is 2. The van der Waals surface area contributed by atoms with Gasteiger partial charge in [0.15, 0.2) is 0 Å². The van der Waals surface area contributed by atoms with E-state index in [-0.39, 0.29) is 17.5 Å². The van der Waals surface area contributed by atoms with E-state index in [1.54, 1.807) is 18.3 Å². The third-order valence-electron chi connectivity index (χ3n) is 4.57. The van der Waals surface area contributed by atoms with Crippen LogP contribution in [0.5, 0.6) is 11.5 Å². The van der Waals surface area contributed by atoms with Crippen molar-refractivity contribution in [3.05, 3.63) is 71.9 Å². The summed E-state index contributed by atoms with van der Waals surface area (Å²) >= 11 is 0. The SMILES string of the molecule is CN1c2c(O)cccc2C=CC1/C=C/c1ccc(O)c2ncccc12. The van der Waals surface area contributed by atoms with Gasteiger partial charge in [-0.25, -0.2) is 0 Å². The number of phenols is 2. The number of hydrogen-bond donors (Lipinski definition) is 2. The van der Waals surface area contributed by atoms with Gasteiger partial charge in [0.1, 0.15) is 17.0 Å². The molecular formula is C21H18N2O2. The highest BCUT2D eigenvalue weighted by Crippen LogP contribution is 2.36. The van der Waals surface area contributed by atoms with E-state index in [2.05, 4.69) is 17.1 Å². The van der Waals surface area contributed by atoms with Crippen LogP contribution in [0.4, 0.5) is 5.69 Å². The van der Waals surface area contributed by atoms with Crippen molar-refractivity contribution in [1.82, 2.24) is 4.98 Å². The van der Waals surface area contributed by atoms with Gasteiger partial charge >= 0.3 is 0 Å². The summed E-state index contributed by atoms with van der Waals surface area (Å²) in [6.07, 6.45) is 9.90. The van der Waals surface area contributed by atoms with Crippen molar-refractivity contribution in [2.24, 2.45) is 0 Å². The fourth-order valence-corrected chi connectivity index (χ4v) is 3.27. The predicted molar refractivity (Wildman–Crippen MR) is 102 cm³/mol. The highest BCUT2D eigenvalue weighted by molar-refractivity contribution is 5.92. The molecule has 2 heterocycles. The summed E-state index contributed by atoms with van der Waals surface area (Å²) in [5.74, 6) is 0.461. The smallest absolute Gasteiger partial charge is 0.141 e. The van der Waals surface area contributed by atoms with Gasteiger partial charge in [-0.2, -0.15) is 0 Å². The normalized spacial score (nSPS) is 16.5. The number of benzene rings is 2. The Morgan fingerprint density at radius 3 is 2.80 bits per heavy atom. The first-order chi connectivity index (χ1) is 12.1. The minimum Gasteiger partial charge on any atom is -0.506 e. The molecule has 124 valence electrons. The fourth-order valence-electron chi connectivity index (χ4n) is 3.27. The zero-order chi connectivity index (χ0) is 17.4. The molecule has 1 aromatic heterocycles. The highest BCUT2D eigenvalue weighted by atomic mass is 16.3. The summed E-state index contributed by atoms with van der Waals surface area (Å²) in [5, 5.41) is 21.0. The third-order valence-corrected chi connectivity index (χ3v) is 4.57. The minimum atomic E-state index is 0.0290. The highest BCUT2D eigenvalue weighted by Gasteiger charge is 2.19. The monoisotopic (exact) mass is 330 g/mol. The number of pyridine rings is 1. The van der Waals surface area contributed by atoms with Crippen LogP contribution < -0.4 is 4.90 Å². The first-order valence-corrected chi connectivity index (χ1v) is 8.13. The van der Waals surface area contributed by atoms with E-state index in [0.29, 0.717) is 5.52 Å². The van der Waals surface area contributed by atoms with Gasteiger partial charge in [0.2, 0.25) is 0 Å². The molecule has 0 bridgehead atoms. The Morgan fingerprint density at radius 2 is 1.92 bits per heavy atom. The molecule has 0 fully saturated rings. The molecule has 4 heteroatoms. The summed E-state index contributed by atoms with van der Waals surface area (Å²) in [6, 6.07) is 12.9. The molecule has 0 spiro atoms. The molecule has 4 rings (SSSR count). The van der Waals surface area contributed by atoms with Crippen molar-refractivity contribution in [2.45, 2.75) is 6.04 Å². The van der Waals surface area contributed by atoms with Gasteiger partial charge in [0, 0.05) is 24.2 Å². The maximum Gasteiger partial charge on any atom is 0.141 e. The van der Waals surface area contributed by atoms with Crippen LogP contribution in [0.25, 0.3) is 23.1 Å². The molecule has 3 aromatic rings. The van der Waals surface area contributed by atoms with Gasteiger partial charge in [-0.3, -0.25) is 4.98 Å². The molecule has 1 atom stereocenters. The maximum atomic E-state index is 10.2. The van der Waals surface area contributed by atoms with Crippen molar-refractivity contribution in [2.75, 3.05) is 11.9 Å². The number of likely N-dealkylation sites (N-methyl/N-ethyl adjacent to an activating group) is 1. The van der Waals surface area contributed by atoms with Gasteiger partial charge in [-0.1, -0.05) is 48.6 Å². The fraction of sp³-hybridized carbons (Fsp3) is 0.0952. The molecule has 1 unspecified atom stereocenters. The first-order valence-electron chi connectivity index (χ1n) is 8.13. The average Bonchev–Trinajstić information content (AvgIpc) is 2.63. The lowest BCUT2D eigenvalue weighted by Gasteiger charge is -2.31. The van der Waals surface area contributed by atoms with Crippen LogP contribution in [-0.2, 0) is 0 Å². The molecule has 25 heavy (non-hydrogen) atoms. The molecule has 2 N–H and O–H groups in total.